The third-order valence-electron chi connectivity index (χ3n) is 6.42. The second-order valence-electron chi connectivity index (χ2n) is 9.49. The first-order valence-electron chi connectivity index (χ1n) is 12.7. The first-order chi connectivity index (χ1) is 16.4. The predicted molar refractivity (Wildman–Crippen MR) is 130 cm³/mol. The summed E-state index contributed by atoms with van der Waals surface area (Å²) >= 11 is 0. The number of hydrogen-bond donors (Lipinski definition) is 2. The number of aliphatic hydroxyl groups excluding tert-OH is 2. The molecule has 0 radical (unpaired) electrons. The van der Waals surface area contributed by atoms with Gasteiger partial charge in [0, 0.05) is 13.2 Å². The largest absolute Gasteiger partial charge is 0.387 e. The lowest BCUT2D eigenvalue weighted by molar-refractivity contribution is -0.305. The van der Waals surface area contributed by atoms with Gasteiger partial charge in [-0.15, -0.1) is 0 Å². The molecule has 1 aromatic rings. The summed E-state index contributed by atoms with van der Waals surface area (Å²) in [6.07, 6.45) is 0.775. The number of ether oxygens (including phenoxy) is 4. The van der Waals surface area contributed by atoms with E-state index < -0.39 is 30.7 Å². The first kappa shape index (κ1) is 28.7. The van der Waals surface area contributed by atoms with E-state index in [4.69, 9.17) is 24.2 Å². The Kier molecular flexibility index (Phi) is 13.1. The molecule has 2 unspecified atom stereocenters. The quantitative estimate of drug-likeness (QED) is 0.365. The molecule has 2 rings (SSSR count). The van der Waals surface area contributed by atoms with Crippen molar-refractivity contribution in [3.63, 3.8) is 0 Å². The van der Waals surface area contributed by atoms with Gasteiger partial charge in [0.05, 0.1) is 24.8 Å². The van der Waals surface area contributed by atoms with Crippen molar-refractivity contribution in [3.05, 3.63) is 35.4 Å². The lowest BCUT2D eigenvalue weighted by atomic mass is 9.87. The molecule has 1 heterocycles. The number of nitrogens with zero attached hydrogens (tertiary/aromatic N) is 1. The van der Waals surface area contributed by atoms with E-state index in [0.29, 0.717) is 37.2 Å². The summed E-state index contributed by atoms with van der Waals surface area (Å²) in [4.78, 5) is 0. The van der Waals surface area contributed by atoms with Crippen LogP contribution < -0.4 is 0 Å². The molecule has 0 aliphatic carbocycles. The normalized spacial score (nSPS) is 25.9. The van der Waals surface area contributed by atoms with Crippen molar-refractivity contribution in [1.29, 1.82) is 5.26 Å². The van der Waals surface area contributed by atoms with Crippen LogP contribution in [0.1, 0.15) is 70.9 Å². The fraction of sp³-hybridized carbons (Fsp3) is 0.741. The van der Waals surface area contributed by atoms with E-state index in [1.807, 2.05) is 19.1 Å². The van der Waals surface area contributed by atoms with Crippen molar-refractivity contribution >= 4 is 0 Å². The molecule has 7 nitrogen and oxygen atoms in total. The number of hydrogen-bond acceptors (Lipinski definition) is 7. The predicted octanol–water partition coefficient (Wildman–Crippen LogP) is 4.19. The Hall–Kier alpha value is -1.53. The van der Waals surface area contributed by atoms with Crippen molar-refractivity contribution in [3.8, 4) is 6.07 Å². The molecule has 34 heavy (non-hydrogen) atoms. The van der Waals surface area contributed by atoms with Gasteiger partial charge in [-0.3, -0.25) is 0 Å². The number of aliphatic hydroxyl groups is 2. The van der Waals surface area contributed by atoms with Gasteiger partial charge in [-0.05, 0) is 48.8 Å². The van der Waals surface area contributed by atoms with Crippen LogP contribution in [0.25, 0.3) is 0 Å². The summed E-state index contributed by atoms with van der Waals surface area (Å²) in [7, 11) is 0. The highest BCUT2D eigenvalue weighted by Gasteiger charge is 2.46. The van der Waals surface area contributed by atoms with Crippen LogP contribution in [0.2, 0.25) is 0 Å². The van der Waals surface area contributed by atoms with Gasteiger partial charge in [0.15, 0.2) is 6.29 Å². The summed E-state index contributed by atoms with van der Waals surface area (Å²) in [5.74, 6) is 1.30. The molecule has 1 aliphatic rings. The van der Waals surface area contributed by atoms with Crippen molar-refractivity contribution in [1.82, 2.24) is 0 Å². The van der Waals surface area contributed by atoms with Gasteiger partial charge in [-0.1, -0.05) is 52.7 Å². The second-order valence-corrected chi connectivity index (χ2v) is 9.49. The lowest BCUT2D eigenvalue weighted by Crippen LogP contribution is -2.60. The average molecular weight is 478 g/mol. The Morgan fingerprint density at radius 3 is 2.32 bits per heavy atom. The Labute approximate surface area is 205 Å². The minimum Gasteiger partial charge on any atom is -0.387 e. The maximum Gasteiger partial charge on any atom is 0.184 e. The van der Waals surface area contributed by atoms with Gasteiger partial charge in [0.25, 0.3) is 0 Å². The summed E-state index contributed by atoms with van der Waals surface area (Å²) in [6, 6.07) is 9.20. The molecular weight excluding hydrogens is 434 g/mol. The van der Waals surface area contributed by atoms with Gasteiger partial charge in [0.2, 0.25) is 0 Å². The van der Waals surface area contributed by atoms with Gasteiger partial charge in [-0.2, -0.15) is 5.26 Å². The maximum absolute atomic E-state index is 10.9. The van der Waals surface area contributed by atoms with E-state index in [1.54, 1.807) is 12.1 Å². The van der Waals surface area contributed by atoms with Gasteiger partial charge in [-0.25, -0.2) is 0 Å². The molecule has 1 aromatic carbocycles. The molecule has 1 fully saturated rings. The molecule has 192 valence electrons. The van der Waals surface area contributed by atoms with E-state index in [2.05, 4.69) is 26.8 Å². The van der Waals surface area contributed by atoms with E-state index in [-0.39, 0.29) is 6.61 Å². The smallest absolute Gasteiger partial charge is 0.184 e. The van der Waals surface area contributed by atoms with Crippen LogP contribution in [0.5, 0.6) is 0 Å². The fourth-order valence-corrected chi connectivity index (χ4v) is 4.38. The Bertz CT molecular complexity index is 719. The third-order valence-corrected chi connectivity index (χ3v) is 6.42. The highest BCUT2D eigenvalue weighted by atomic mass is 16.7. The SMILES string of the molecule is CCCO[C@H]1[C@H](O)[C@@H](COCc2ccc(C#N)cc2)OC(O)[C@@H]1OCCCC(CCC)C(C)C. The zero-order valence-electron chi connectivity index (χ0n) is 21.2. The molecule has 6 atom stereocenters. The van der Waals surface area contributed by atoms with E-state index in [0.717, 1.165) is 24.8 Å². The highest BCUT2D eigenvalue weighted by Crippen LogP contribution is 2.27. The van der Waals surface area contributed by atoms with Crippen LogP contribution in [0, 0.1) is 23.2 Å². The van der Waals surface area contributed by atoms with Crippen molar-refractivity contribution in [2.75, 3.05) is 19.8 Å². The summed E-state index contributed by atoms with van der Waals surface area (Å²) in [5, 5.41) is 30.5. The molecule has 1 saturated heterocycles. The van der Waals surface area contributed by atoms with Crippen LogP contribution in [0.3, 0.4) is 0 Å². The van der Waals surface area contributed by atoms with E-state index in [9.17, 15) is 10.2 Å². The third kappa shape index (κ3) is 8.92. The number of nitriles is 1. The molecule has 1 aliphatic heterocycles. The monoisotopic (exact) mass is 477 g/mol. The molecule has 0 bridgehead atoms. The average Bonchev–Trinajstić information content (AvgIpc) is 2.83. The zero-order chi connectivity index (χ0) is 24.9. The molecule has 7 heteroatoms. The summed E-state index contributed by atoms with van der Waals surface area (Å²) in [6.45, 7) is 10.1. The Morgan fingerprint density at radius 2 is 1.71 bits per heavy atom. The molecule has 0 aromatic heterocycles. The highest BCUT2D eigenvalue weighted by molar-refractivity contribution is 5.31. The minimum absolute atomic E-state index is 0.101. The topological polar surface area (TPSA) is 101 Å². The first-order valence-corrected chi connectivity index (χ1v) is 12.7. The van der Waals surface area contributed by atoms with Gasteiger partial charge in [0.1, 0.15) is 24.4 Å². The minimum atomic E-state index is -1.20. The number of benzene rings is 1. The van der Waals surface area contributed by atoms with E-state index >= 15 is 0 Å². The second kappa shape index (κ2) is 15.5. The summed E-state index contributed by atoms with van der Waals surface area (Å²) < 4.78 is 23.3. The van der Waals surface area contributed by atoms with Crippen molar-refractivity contribution in [2.24, 2.45) is 11.8 Å². The van der Waals surface area contributed by atoms with Crippen LogP contribution in [-0.4, -0.2) is 60.7 Å². The Morgan fingerprint density at radius 1 is 1.00 bits per heavy atom. The van der Waals surface area contributed by atoms with Crippen molar-refractivity contribution in [2.45, 2.75) is 97.1 Å². The van der Waals surface area contributed by atoms with Gasteiger partial charge >= 0.3 is 0 Å². The molecule has 0 saturated carbocycles. The van der Waals surface area contributed by atoms with Crippen LogP contribution >= 0.6 is 0 Å². The summed E-state index contributed by atoms with van der Waals surface area (Å²) in [5.41, 5.74) is 1.50. The van der Waals surface area contributed by atoms with Crippen LogP contribution in [-0.2, 0) is 25.6 Å². The molecule has 2 N–H and O–H groups in total. The molecule has 0 amide bonds. The lowest BCUT2D eigenvalue weighted by Gasteiger charge is -2.42. The zero-order valence-corrected chi connectivity index (χ0v) is 21.2. The maximum atomic E-state index is 10.9. The Balaban J connectivity index is 1.88. The van der Waals surface area contributed by atoms with Crippen molar-refractivity contribution < 1.29 is 29.2 Å². The molecular formula is C27H43NO6. The fourth-order valence-electron chi connectivity index (χ4n) is 4.38. The van der Waals surface area contributed by atoms with E-state index in [1.165, 1.54) is 12.8 Å². The molecule has 0 spiro atoms. The number of rotatable bonds is 15. The standard InChI is InChI=1S/C27H43NO6/c1-5-8-22(19(3)4)9-7-15-33-26-25(32-14-6-2)24(29)23(34-27(26)30)18-31-17-21-12-10-20(16-28)11-13-21/h10-13,19,22-27,29-30H,5-9,14-15,17-18H2,1-4H3/t22?,23-,24-,25+,26-,27?/m1/s1. The van der Waals surface area contributed by atoms with Gasteiger partial charge < -0.3 is 29.2 Å². The van der Waals surface area contributed by atoms with Crippen LogP contribution in [0.4, 0.5) is 0 Å². The van der Waals surface area contributed by atoms with Crippen LogP contribution in [0.15, 0.2) is 24.3 Å².